The summed E-state index contributed by atoms with van der Waals surface area (Å²) in [4.78, 5) is 20.7. The van der Waals surface area contributed by atoms with E-state index in [0.29, 0.717) is 24.5 Å². The van der Waals surface area contributed by atoms with Crippen molar-refractivity contribution in [3.8, 4) is 0 Å². The van der Waals surface area contributed by atoms with Gasteiger partial charge in [-0.15, -0.1) is 0 Å². The largest absolute Gasteiger partial charge is 0.395 e. The highest BCUT2D eigenvalue weighted by atomic mass is 16.2. The molecule has 1 amide bonds. The first-order valence-electron chi connectivity index (χ1n) is 6.92. The molecule has 1 saturated heterocycles. The second kappa shape index (κ2) is 5.43. The first kappa shape index (κ1) is 13.4. The van der Waals surface area contributed by atoms with Crippen LogP contribution in [0.3, 0.4) is 0 Å². The lowest BCUT2D eigenvalue weighted by atomic mass is 10.2. The van der Waals surface area contributed by atoms with Crippen LogP contribution in [0.4, 0.5) is 11.5 Å². The fourth-order valence-electron chi connectivity index (χ4n) is 2.43. The van der Waals surface area contributed by atoms with E-state index in [1.807, 2.05) is 18.2 Å². The monoisotopic (exact) mass is 286 g/mol. The number of aryl methyl sites for hydroxylation is 1. The van der Waals surface area contributed by atoms with Gasteiger partial charge in [0, 0.05) is 32.4 Å². The van der Waals surface area contributed by atoms with Crippen LogP contribution in [0.15, 0.2) is 24.4 Å². The average Bonchev–Trinajstić information content (AvgIpc) is 2.87. The molecule has 0 unspecified atom stereocenters. The van der Waals surface area contributed by atoms with E-state index in [1.165, 1.54) is 0 Å². The number of aromatic nitrogens is 3. The molecule has 3 heterocycles. The molecule has 1 fully saturated rings. The quantitative estimate of drug-likeness (QED) is 0.846. The average molecular weight is 286 g/mol. The Kier molecular flexibility index (Phi) is 3.47. The number of nitrogens with zero attached hydrogens (tertiary/aromatic N) is 4. The molecule has 2 aromatic rings. The lowest BCUT2D eigenvalue weighted by molar-refractivity contribution is 0.0741. The van der Waals surface area contributed by atoms with Gasteiger partial charge in [0.15, 0.2) is 5.69 Å². The summed E-state index contributed by atoms with van der Waals surface area (Å²) in [5.74, 6) is 0.831. The van der Waals surface area contributed by atoms with Crippen LogP contribution in [-0.4, -0.2) is 52.2 Å². The van der Waals surface area contributed by atoms with Gasteiger partial charge in [-0.05, 0) is 19.1 Å². The van der Waals surface area contributed by atoms with Crippen molar-refractivity contribution in [2.24, 2.45) is 0 Å². The number of amides is 1. The molecule has 110 valence electrons. The molecule has 1 aliphatic rings. The predicted molar refractivity (Wildman–Crippen MR) is 80.1 cm³/mol. The van der Waals surface area contributed by atoms with E-state index in [1.54, 1.807) is 18.0 Å². The van der Waals surface area contributed by atoms with Crippen molar-refractivity contribution in [1.29, 1.82) is 0 Å². The Balaban J connectivity index is 1.66. The standard InChI is InChI=1S/C14H18N6O/c1-10-12(15)13(18-17-10)14(21)20-8-6-19(7-9-20)11-4-2-3-5-16-11/h2-5H,6-9,15H2,1H3,(H,17,18). The smallest absolute Gasteiger partial charge is 0.276 e. The van der Waals surface area contributed by atoms with Crippen LogP contribution >= 0.6 is 0 Å². The summed E-state index contributed by atoms with van der Waals surface area (Å²) in [6.45, 7) is 4.60. The number of piperazine rings is 1. The zero-order valence-electron chi connectivity index (χ0n) is 11.9. The number of H-pyrrole nitrogens is 1. The Morgan fingerprint density at radius 3 is 2.62 bits per heavy atom. The zero-order valence-corrected chi connectivity index (χ0v) is 11.9. The molecule has 0 saturated carbocycles. The third kappa shape index (κ3) is 2.54. The normalized spacial score (nSPS) is 15.3. The van der Waals surface area contributed by atoms with E-state index in [-0.39, 0.29) is 5.91 Å². The molecular weight excluding hydrogens is 268 g/mol. The molecule has 0 aromatic carbocycles. The van der Waals surface area contributed by atoms with Crippen molar-refractivity contribution in [3.63, 3.8) is 0 Å². The van der Waals surface area contributed by atoms with E-state index in [4.69, 9.17) is 5.73 Å². The highest BCUT2D eigenvalue weighted by Gasteiger charge is 2.26. The maximum atomic E-state index is 12.4. The van der Waals surface area contributed by atoms with Crippen molar-refractivity contribution in [1.82, 2.24) is 20.1 Å². The summed E-state index contributed by atoms with van der Waals surface area (Å²) in [7, 11) is 0. The molecule has 3 rings (SSSR count). The van der Waals surface area contributed by atoms with E-state index in [2.05, 4.69) is 20.1 Å². The molecular formula is C14H18N6O. The summed E-state index contributed by atoms with van der Waals surface area (Å²) in [5, 5.41) is 6.75. The molecule has 0 radical (unpaired) electrons. The molecule has 7 heteroatoms. The Bertz CT molecular complexity index is 630. The summed E-state index contributed by atoms with van der Waals surface area (Å²) in [6, 6.07) is 5.84. The molecule has 7 nitrogen and oxygen atoms in total. The number of nitrogens with two attached hydrogens (primary N) is 1. The van der Waals surface area contributed by atoms with E-state index < -0.39 is 0 Å². The second-order valence-corrected chi connectivity index (χ2v) is 5.08. The SMILES string of the molecule is Cc1[nH]nc(C(=O)N2CCN(c3ccccn3)CC2)c1N. The number of anilines is 2. The molecule has 3 N–H and O–H groups in total. The van der Waals surface area contributed by atoms with Crippen LogP contribution in [0.2, 0.25) is 0 Å². The lowest BCUT2D eigenvalue weighted by Gasteiger charge is -2.35. The summed E-state index contributed by atoms with van der Waals surface area (Å²) >= 11 is 0. The maximum Gasteiger partial charge on any atom is 0.276 e. The Labute approximate surface area is 122 Å². The minimum Gasteiger partial charge on any atom is -0.395 e. The number of nitrogens with one attached hydrogen (secondary N) is 1. The number of pyridine rings is 1. The Morgan fingerprint density at radius 2 is 2.05 bits per heavy atom. The van der Waals surface area contributed by atoms with Gasteiger partial charge in [-0.3, -0.25) is 9.89 Å². The number of rotatable bonds is 2. The van der Waals surface area contributed by atoms with Gasteiger partial charge in [0.2, 0.25) is 0 Å². The van der Waals surface area contributed by atoms with Gasteiger partial charge in [0.25, 0.3) is 5.91 Å². The minimum absolute atomic E-state index is 0.113. The van der Waals surface area contributed by atoms with Crippen molar-refractivity contribution in [3.05, 3.63) is 35.8 Å². The Morgan fingerprint density at radius 1 is 1.29 bits per heavy atom. The summed E-state index contributed by atoms with van der Waals surface area (Å²) in [5.41, 5.74) is 7.35. The number of hydrogen-bond donors (Lipinski definition) is 2. The second-order valence-electron chi connectivity index (χ2n) is 5.08. The number of nitrogen functional groups attached to an aromatic ring is 1. The van der Waals surface area contributed by atoms with Gasteiger partial charge in [-0.2, -0.15) is 5.10 Å². The topological polar surface area (TPSA) is 91.1 Å². The molecule has 0 bridgehead atoms. The van der Waals surface area contributed by atoms with Gasteiger partial charge < -0.3 is 15.5 Å². The van der Waals surface area contributed by atoms with Crippen LogP contribution in [-0.2, 0) is 0 Å². The fourth-order valence-corrected chi connectivity index (χ4v) is 2.43. The third-order valence-electron chi connectivity index (χ3n) is 3.74. The predicted octanol–water partition coefficient (Wildman–Crippen LogP) is 0.658. The van der Waals surface area contributed by atoms with Crippen LogP contribution in [0.25, 0.3) is 0 Å². The van der Waals surface area contributed by atoms with Gasteiger partial charge in [-0.1, -0.05) is 6.07 Å². The first-order chi connectivity index (χ1) is 10.2. The van der Waals surface area contributed by atoms with E-state index >= 15 is 0 Å². The molecule has 0 atom stereocenters. The van der Waals surface area contributed by atoms with Crippen LogP contribution < -0.4 is 10.6 Å². The zero-order chi connectivity index (χ0) is 14.8. The molecule has 0 spiro atoms. The van der Waals surface area contributed by atoms with Crippen LogP contribution in [0.5, 0.6) is 0 Å². The maximum absolute atomic E-state index is 12.4. The Hall–Kier alpha value is -2.57. The number of aromatic amines is 1. The number of carbonyl (C=O) groups is 1. The molecule has 21 heavy (non-hydrogen) atoms. The molecule has 2 aromatic heterocycles. The molecule has 0 aliphatic carbocycles. The number of carbonyl (C=O) groups excluding carboxylic acids is 1. The lowest BCUT2D eigenvalue weighted by Crippen LogP contribution is -2.49. The van der Waals surface area contributed by atoms with E-state index in [9.17, 15) is 4.79 Å². The van der Waals surface area contributed by atoms with Gasteiger partial charge in [0.1, 0.15) is 5.82 Å². The van der Waals surface area contributed by atoms with Crippen molar-refractivity contribution >= 4 is 17.4 Å². The van der Waals surface area contributed by atoms with Crippen LogP contribution in [0.1, 0.15) is 16.2 Å². The van der Waals surface area contributed by atoms with Crippen molar-refractivity contribution in [2.45, 2.75) is 6.92 Å². The highest BCUT2D eigenvalue weighted by Crippen LogP contribution is 2.17. The summed E-state index contributed by atoms with van der Waals surface area (Å²) in [6.07, 6.45) is 1.78. The van der Waals surface area contributed by atoms with Crippen LogP contribution in [0, 0.1) is 6.92 Å². The number of hydrogen-bond acceptors (Lipinski definition) is 5. The minimum atomic E-state index is -0.113. The third-order valence-corrected chi connectivity index (χ3v) is 3.74. The first-order valence-corrected chi connectivity index (χ1v) is 6.92. The van der Waals surface area contributed by atoms with Gasteiger partial charge in [0.05, 0.1) is 11.4 Å². The van der Waals surface area contributed by atoms with Gasteiger partial charge in [-0.25, -0.2) is 4.98 Å². The summed E-state index contributed by atoms with van der Waals surface area (Å²) < 4.78 is 0. The molecule has 1 aliphatic heterocycles. The van der Waals surface area contributed by atoms with Crippen molar-refractivity contribution < 1.29 is 4.79 Å². The van der Waals surface area contributed by atoms with Gasteiger partial charge >= 0.3 is 0 Å². The van der Waals surface area contributed by atoms with Crippen molar-refractivity contribution in [2.75, 3.05) is 36.8 Å². The highest BCUT2D eigenvalue weighted by molar-refractivity contribution is 5.97. The fraction of sp³-hybridized carbons (Fsp3) is 0.357. The van der Waals surface area contributed by atoms with E-state index in [0.717, 1.165) is 24.6 Å².